The molecule has 0 aromatic rings. The molecule has 0 bridgehead atoms. The van der Waals surface area contributed by atoms with Crippen LogP contribution in [0.2, 0.25) is 0 Å². The van der Waals surface area contributed by atoms with Gasteiger partial charge in [0, 0.05) is 24.8 Å². The molecule has 0 unspecified atom stereocenters. The smallest absolute Gasteiger partial charge is 0.223 e. The fourth-order valence-corrected chi connectivity index (χ4v) is 1.54. The van der Waals surface area contributed by atoms with Crippen molar-refractivity contribution in [1.29, 1.82) is 0 Å². The number of alkyl halides is 1. The number of carbonyl (C=O) groups excluding carboxylic acids is 1. The van der Waals surface area contributed by atoms with Gasteiger partial charge in [0.15, 0.2) is 0 Å². The fourth-order valence-electron chi connectivity index (χ4n) is 1.21. The molecule has 1 aliphatic rings. The molecule has 0 atom stereocenters. The Hall–Kier alpha value is -0.0500. The summed E-state index contributed by atoms with van der Waals surface area (Å²) in [4.78, 5) is 13.1. The van der Waals surface area contributed by atoms with Crippen molar-refractivity contribution in [2.24, 2.45) is 0 Å². The Kier molecular flexibility index (Phi) is 3.19. The first kappa shape index (κ1) is 8.05. The van der Waals surface area contributed by atoms with Gasteiger partial charge in [0.05, 0.1) is 0 Å². The highest BCUT2D eigenvalue weighted by Gasteiger charge is 2.16. The lowest BCUT2D eigenvalue weighted by atomic mass is 10.4. The van der Waals surface area contributed by atoms with Crippen LogP contribution in [0.15, 0.2) is 0 Å². The van der Waals surface area contributed by atoms with Crippen LogP contribution in [0.5, 0.6) is 0 Å². The number of likely N-dealkylation sites (tertiary alicyclic amines) is 1. The monoisotopic (exact) mass is 205 g/mol. The van der Waals surface area contributed by atoms with Gasteiger partial charge in [-0.1, -0.05) is 15.9 Å². The molecule has 1 amide bonds. The summed E-state index contributed by atoms with van der Waals surface area (Å²) in [6.07, 6.45) is 3.03. The highest BCUT2D eigenvalue weighted by atomic mass is 79.9. The first-order chi connectivity index (χ1) is 4.84. The molecule has 1 fully saturated rings. The molecule has 0 aromatic carbocycles. The van der Waals surface area contributed by atoms with Crippen LogP contribution < -0.4 is 0 Å². The van der Waals surface area contributed by atoms with E-state index < -0.39 is 0 Å². The van der Waals surface area contributed by atoms with Gasteiger partial charge in [0.1, 0.15) is 0 Å². The molecule has 58 valence electrons. The van der Waals surface area contributed by atoms with E-state index in [0.29, 0.717) is 12.3 Å². The normalized spacial score (nSPS) is 17.9. The van der Waals surface area contributed by atoms with Gasteiger partial charge in [0.25, 0.3) is 0 Å². The van der Waals surface area contributed by atoms with Crippen molar-refractivity contribution in [2.45, 2.75) is 19.3 Å². The molecule has 0 saturated carbocycles. The van der Waals surface area contributed by atoms with Crippen LogP contribution in [-0.4, -0.2) is 29.2 Å². The number of rotatable bonds is 2. The minimum Gasteiger partial charge on any atom is -0.343 e. The van der Waals surface area contributed by atoms with Gasteiger partial charge in [0.2, 0.25) is 5.91 Å². The minimum absolute atomic E-state index is 0.300. The van der Waals surface area contributed by atoms with Crippen LogP contribution >= 0.6 is 15.9 Å². The molecule has 1 aliphatic heterocycles. The number of hydrogen-bond donors (Lipinski definition) is 0. The van der Waals surface area contributed by atoms with Gasteiger partial charge in [-0.05, 0) is 12.8 Å². The second-order valence-corrected chi connectivity index (χ2v) is 3.32. The van der Waals surface area contributed by atoms with E-state index in [0.717, 1.165) is 18.4 Å². The van der Waals surface area contributed by atoms with E-state index in [-0.39, 0.29) is 0 Å². The van der Waals surface area contributed by atoms with Crippen LogP contribution in [0.4, 0.5) is 0 Å². The van der Waals surface area contributed by atoms with Gasteiger partial charge in [-0.2, -0.15) is 0 Å². The molecule has 0 N–H and O–H groups in total. The van der Waals surface area contributed by atoms with Crippen molar-refractivity contribution < 1.29 is 4.79 Å². The van der Waals surface area contributed by atoms with Gasteiger partial charge in [-0.15, -0.1) is 0 Å². The quantitative estimate of drug-likeness (QED) is 0.625. The molecule has 1 heterocycles. The third-order valence-electron chi connectivity index (χ3n) is 1.77. The van der Waals surface area contributed by atoms with Crippen molar-refractivity contribution in [3.05, 3.63) is 0 Å². The largest absolute Gasteiger partial charge is 0.343 e. The zero-order valence-electron chi connectivity index (χ0n) is 5.98. The lowest BCUT2D eigenvalue weighted by Crippen LogP contribution is -2.27. The van der Waals surface area contributed by atoms with E-state index in [4.69, 9.17) is 0 Å². The molecule has 0 spiro atoms. The number of nitrogens with zero attached hydrogens (tertiary/aromatic N) is 1. The van der Waals surface area contributed by atoms with Crippen molar-refractivity contribution >= 4 is 21.8 Å². The summed E-state index contributed by atoms with van der Waals surface area (Å²) in [7, 11) is 0. The maximum Gasteiger partial charge on any atom is 0.223 e. The fraction of sp³-hybridized carbons (Fsp3) is 0.857. The number of amides is 1. The highest BCUT2D eigenvalue weighted by molar-refractivity contribution is 9.09. The Balaban J connectivity index is 2.25. The van der Waals surface area contributed by atoms with Gasteiger partial charge in [-0.3, -0.25) is 4.79 Å². The SMILES string of the molecule is O=C(CCBr)N1CCCC1. The summed E-state index contributed by atoms with van der Waals surface area (Å²) in [6, 6.07) is 0. The standard InChI is InChI=1S/C7H12BrNO/c8-4-3-7(10)9-5-1-2-6-9/h1-6H2. The average molecular weight is 206 g/mol. The van der Waals surface area contributed by atoms with Crippen molar-refractivity contribution in [3.8, 4) is 0 Å². The summed E-state index contributed by atoms with van der Waals surface area (Å²) in [5.41, 5.74) is 0. The summed E-state index contributed by atoms with van der Waals surface area (Å²) >= 11 is 3.25. The molecule has 1 rings (SSSR count). The van der Waals surface area contributed by atoms with Crippen LogP contribution in [0.3, 0.4) is 0 Å². The maximum atomic E-state index is 11.1. The predicted octanol–water partition coefficient (Wildman–Crippen LogP) is 1.39. The Morgan fingerprint density at radius 2 is 2.00 bits per heavy atom. The van der Waals surface area contributed by atoms with E-state index in [1.807, 2.05) is 4.90 Å². The predicted molar refractivity (Wildman–Crippen MR) is 44.2 cm³/mol. The molecule has 0 radical (unpaired) electrons. The summed E-state index contributed by atoms with van der Waals surface area (Å²) in [6.45, 7) is 1.96. The van der Waals surface area contributed by atoms with Crippen LogP contribution in [-0.2, 0) is 4.79 Å². The maximum absolute atomic E-state index is 11.1. The van der Waals surface area contributed by atoms with Crippen LogP contribution in [0.25, 0.3) is 0 Å². The lowest BCUT2D eigenvalue weighted by Gasteiger charge is -2.13. The van der Waals surface area contributed by atoms with Crippen molar-refractivity contribution in [2.75, 3.05) is 18.4 Å². The van der Waals surface area contributed by atoms with E-state index in [1.54, 1.807) is 0 Å². The Morgan fingerprint density at radius 3 is 2.50 bits per heavy atom. The number of halogens is 1. The third-order valence-corrected chi connectivity index (χ3v) is 2.16. The van der Waals surface area contributed by atoms with Crippen LogP contribution in [0, 0.1) is 0 Å². The molecular formula is C7H12BrNO. The van der Waals surface area contributed by atoms with E-state index in [2.05, 4.69) is 15.9 Å². The van der Waals surface area contributed by atoms with Crippen molar-refractivity contribution in [1.82, 2.24) is 4.90 Å². The van der Waals surface area contributed by atoms with Crippen LogP contribution in [0.1, 0.15) is 19.3 Å². The van der Waals surface area contributed by atoms with E-state index in [1.165, 1.54) is 12.8 Å². The zero-order valence-corrected chi connectivity index (χ0v) is 7.56. The molecule has 2 nitrogen and oxygen atoms in total. The molecule has 3 heteroatoms. The van der Waals surface area contributed by atoms with Gasteiger partial charge < -0.3 is 4.90 Å². The second-order valence-electron chi connectivity index (χ2n) is 2.53. The van der Waals surface area contributed by atoms with Gasteiger partial charge in [-0.25, -0.2) is 0 Å². The average Bonchev–Trinajstić information content (AvgIpc) is 2.38. The summed E-state index contributed by atoms with van der Waals surface area (Å²) in [5, 5.41) is 0.794. The van der Waals surface area contributed by atoms with Crippen molar-refractivity contribution in [3.63, 3.8) is 0 Å². The van der Waals surface area contributed by atoms with Gasteiger partial charge >= 0.3 is 0 Å². The minimum atomic E-state index is 0.300. The third kappa shape index (κ3) is 1.97. The molecule has 1 saturated heterocycles. The van der Waals surface area contributed by atoms with E-state index in [9.17, 15) is 4.79 Å². The lowest BCUT2D eigenvalue weighted by molar-refractivity contribution is -0.129. The highest BCUT2D eigenvalue weighted by Crippen LogP contribution is 2.08. The Bertz CT molecular complexity index is 121. The summed E-state index contributed by atoms with van der Waals surface area (Å²) in [5.74, 6) is 0.300. The number of carbonyl (C=O) groups is 1. The topological polar surface area (TPSA) is 20.3 Å². The summed E-state index contributed by atoms with van der Waals surface area (Å²) < 4.78 is 0. The first-order valence-corrected chi connectivity index (χ1v) is 4.80. The Labute approximate surface area is 69.7 Å². The van der Waals surface area contributed by atoms with E-state index >= 15 is 0 Å². The first-order valence-electron chi connectivity index (χ1n) is 3.68. The second kappa shape index (κ2) is 3.96. The molecule has 0 aromatic heterocycles. The zero-order chi connectivity index (χ0) is 7.40. The molecule has 10 heavy (non-hydrogen) atoms. The number of hydrogen-bond acceptors (Lipinski definition) is 1. The Morgan fingerprint density at radius 1 is 1.40 bits per heavy atom. The molecule has 0 aliphatic carbocycles. The molecular weight excluding hydrogens is 194 g/mol.